The Morgan fingerprint density at radius 2 is 1.56 bits per heavy atom. The summed E-state index contributed by atoms with van der Waals surface area (Å²) < 4.78 is 0. The van der Waals surface area contributed by atoms with E-state index >= 15 is 0 Å². The molecule has 18 heavy (non-hydrogen) atoms. The van der Waals surface area contributed by atoms with Gasteiger partial charge in [0.1, 0.15) is 5.44 Å². The van der Waals surface area contributed by atoms with Gasteiger partial charge in [-0.05, 0) is 5.56 Å². The molecular formula is C15H14O2S. The van der Waals surface area contributed by atoms with Crippen LogP contribution in [0.1, 0.15) is 21.4 Å². The van der Waals surface area contributed by atoms with Gasteiger partial charge in [-0.15, -0.1) is 11.8 Å². The number of carbonyl (C=O) groups is 1. The zero-order valence-electron chi connectivity index (χ0n) is 9.82. The second-order valence-corrected chi connectivity index (χ2v) is 4.93. The molecule has 2 nitrogen and oxygen atoms in total. The predicted octanol–water partition coefficient (Wildman–Crippen LogP) is 3.29. The standard InChI is InChI=1S/C15H14O2S/c16-14(12-7-3-1-4-8-12)11-18-15(17)13-9-5-2-6-10-13/h1-10,15,17H,11H2. The summed E-state index contributed by atoms with van der Waals surface area (Å²) in [6, 6.07) is 18.5. The summed E-state index contributed by atoms with van der Waals surface area (Å²) in [4.78, 5) is 11.8. The summed E-state index contributed by atoms with van der Waals surface area (Å²) in [5.74, 6) is 0.315. The first-order chi connectivity index (χ1) is 8.77. The molecule has 0 amide bonds. The molecule has 0 saturated heterocycles. The molecule has 3 heteroatoms. The Morgan fingerprint density at radius 3 is 2.17 bits per heavy atom. The second-order valence-electron chi connectivity index (χ2n) is 3.86. The van der Waals surface area contributed by atoms with Crippen LogP contribution in [-0.2, 0) is 0 Å². The van der Waals surface area contributed by atoms with Gasteiger partial charge in [0.2, 0.25) is 0 Å². The largest absolute Gasteiger partial charge is 0.378 e. The van der Waals surface area contributed by atoms with Crippen molar-refractivity contribution in [1.29, 1.82) is 0 Å². The molecule has 0 heterocycles. The quantitative estimate of drug-likeness (QED) is 0.660. The van der Waals surface area contributed by atoms with E-state index in [1.807, 2.05) is 48.5 Å². The van der Waals surface area contributed by atoms with Crippen LogP contribution in [0.25, 0.3) is 0 Å². The van der Waals surface area contributed by atoms with Gasteiger partial charge in [-0.2, -0.15) is 0 Å². The molecule has 2 aromatic rings. The SMILES string of the molecule is O=C(CSC(O)c1ccccc1)c1ccccc1. The molecular weight excluding hydrogens is 244 g/mol. The van der Waals surface area contributed by atoms with Crippen LogP contribution in [-0.4, -0.2) is 16.6 Å². The van der Waals surface area contributed by atoms with Crippen molar-refractivity contribution < 1.29 is 9.90 Å². The lowest BCUT2D eigenvalue weighted by molar-refractivity contribution is 0.102. The summed E-state index contributed by atoms with van der Waals surface area (Å²) in [6.07, 6.45) is 0. The first-order valence-electron chi connectivity index (χ1n) is 5.70. The average molecular weight is 258 g/mol. The van der Waals surface area contributed by atoms with E-state index in [1.165, 1.54) is 11.8 Å². The molecule has 92 valence electrons. The van der Waals surface area contributed by atoms with Gasteiger partial charge < -0.3 is 5.11 Å². The minimum absolute atomic E-state index is 0.0376. The highest BCUT2D eigenvalue weighted by atomic mass is 32.2. The highest BCUT2D eigenvalue weighted by molar-refractivity contribution is 8.00. The van der Waals surface area contributed by atoms with E-state index in [1.54, 1.807) is 12.1 Å². The second kappa shape index (κ2) is 6.38. The Labute approximate surface area is 111 Å². The molecule has 0 spiro atoms. The fraction of sp³-hybridized carbons (Fsp3) is 0.133. The molecule has 0 aliphatic rings. The van der Waals surface area contributed by atoms with Crippen molar-refractivity contribution in [3.05, 3.63) is 71.8 Å². The van der Waals surface area contributed by atoms with Crippen LogP contribution in [0.4, 0.5) is 0 Å². The van der Waals surface area contributed by atoms with Crippen LogP contribution in [0, 0.1) is 0 Å². The maximum absolute atomic E-state index is 11.8. The predicted molar refractivity (Wildman–Crippen MR) is 74.6 cm³/mol. The third kappa shape index (κ3) is 3.45. The molecule has 1 atom stereocenters. The number of rotatable bonds is 5. The van der Waals surface area contributed by atoms with Gasteiger partial charge in [0.15, 0.2) is 5.78 Å². The lowest BCUT2D eigenvalue weighted by Crippen LogP contribution is -2.04. The lowest BCUT2D eigenvalue weighted by atomic mass is 10.2. The Balaban J connectivity index is 1.91. The van der Waals surface area contributed by atoms with E-state index in [-0.39, 0.29) is 11.5 Å². The molecule has 0 fully saturated rings. The molecule has 0 saturated carbocycles. The van der Waals surface area contributed by atoms with Crippen molar-refractivity contribution in [3.63, 3.8) is 0 Å². The van der Waals surface area contributed by atoms with Gasteiger partial charge in [-0.3, -0.25) is 4.79 Å². The summed E-state index contributed by atoms with van der Waals surface area (Å²) in [6.45, 7) is 0. The van der Waals surface area contributed by atoms with Crippen molar-refractivity contribution in [2.24, 2.45) is 0 Å². The number of hydrogen-bond donors (Lipinski definition) is 1. The van der Waals surface area contributed by atoms with Crippen molar-refractivity contribution in [2.45, 2.75) is 5.44 Å². The number of aliphatic hydroxyl groups is 1. The van der Waals surface area contributed by atoms with Gasteiger partial charge >= 0.3 is 0 Å². The fourth-order valence-electron chi connectivity index (χ4n) is 1.58. The van der Waals surface area contributed by atoms with Crippen LogP contribution >= 0.6 is 11.8 Å². The molecule has 0 aliphatic carbocycles. The smallest absolute Gasteiger partial charge is 0.172 e. The van der Waals surface area contributed by atoms with Crippen molar-refractivity contribution in [2.75, 3.05) is 5.75 Å². The van der Waals surface area contributed by atoms with Crippen LogP contribution in [0.5, 0.6) is 0 Å². The van der Waals surface area contributed by atoms with Gasteiger partial charge in [-0.1, -0.05) is 60.7 Å². The van der Waals surface area contributed by atoms with E-state index in [0.29, 0.717) is 5.56 Å². The molecule has 0 aromatic heterocycles. The summed E-state index contributed by atoms with van der Waals surface area (Å²) >= 11 is 1.24. The maximum Gasteiger partial charge on any atom is 0.172 e. The van der Waals surface area contributed by atoms with Crippen LogP contribution in [0.2, 0.25) is 0 Å². The Kier molecular flexibility index (Phi) is 4.56. The summed E-state index contributed by atoms with van der Waals surface area (Å²) in [5.41, 5.74) is 0.854. The third-order valence-corrected chi connectivity index (χ3v) is 3.57. The number of ketones is 1. The van der Waals surface area contributed by atoms with Gasteiger partial charge in [0, 0.05) is 5.56 Å². The van der Waals surface area contributed by atoms with E-state index in [4.69, 9.17) is 0 Å². The zero-order valence-corrected chi connectivity index (χ0v) is 10.6. The number of thioether (sulfide) groups is 1. The van der Waals surface area contributed by atoms with E-state index < -0.39 is 5.44 Å². The average Bonchev–Trinajstić information content (AvgIpc) is 2.46. The first kappa shape index (κ1) is 12.9. The van der Waals surface area contributed by atoms with Gasteiger partial charge in [0.25, 0.3) is 0 Å². The molecule has 0 radical (unpaired) electrons. The fourth-order valence-corrected chi connectivity index (χ4v) is 2.40. The Morgan fingerprint density at radius 1 is 1.00 bits per heavy atom. The number of Topliss-reactive ketones (excluding diaryl/α,β-unsaturated/α-hetero) is 1. The minimum atomic E-state index is -0.654. The number of benzene rings is 2. The van der Waals surface area contributed by atoms with Crippen molar-refractivity contribution in [3.8, 4) is 0 Å². The molecule has 2 aromatic carbocycles. The van der Waals surface area contributed by atoms with E-state index in [9.17, 15) is 9.90 Å². The zero-order chi connectivity index (χ0) is 12.8. The number of aliphatic hydroxyl groups excluding tert-OH is 1. The monoisotopic (exact) mass is 258 g/mol. The highest BCUT2D eigenvalue weighted by Gasteiger charge is 2.11. The summed E-state index contributed by atoms with van der Waals surface area (Å²) in [5, 5.41) is 9.93. The Hall–Kier alpha value is -1.58. The van der Waals surface area contributed by atoms with Gasteiger partial charge in [0.05, 0.1) is 5.75 Å². The number of carbonyl (C=O) groups excluding carboxylic acids is 1. The summed E-state index contributed by atoms with van der Waals surface area (Å²) in [7, 11) is 0. The topological polar surface area (TPSA) is 37.3 Å². The maximum atomic E-state index is 11.8. The van der Waals surface area contributed by atoms with Crippen LogP contribution in [0.15, 0.2) is 60.7 Å². The molecule has 0 bridgehead atoms. The third-order valence-electron chi connectivity index (χ3n) is 2.55. The molecule has 0 aliphatic heterocycles. The van der Waals surface area contributed by atoms with Crippen molar-refractivity contribution in [1.82, 2.24) is 0 Å². The van der Waals surface area contributed by atoms with Crippen molar-refractivity contribution >= 4 is 17.5 Å². The van der Waals surface area contributed by atoms with E-state index in [2.05, 4.69) is 0 Å². The molecule has 1 unspecified atom stereocenters. The van der Waals surface area contributed by atoms with Crippen LogP contribution < -0.4 is 0 Å². The first-order valence-corrected chi connectivity index (χ1v) is 6.75. The minimum Gasteiger partial charge on any atom is -0.378 e. The normalized spacial score (nSPS) is 12.1. The highest BCUT2D eigenvalue weighted by Crippen LogP contribution is 2.26. The Bertz CT molecular complexity index is 496. The molecule has 2 rings (SSSR count). The lowest BCUT2D eigenvalue weighted by Gasteiger charge is -2.09. The number of hydrogen-bond acceptors (Lipinski definition) is 3. The van der Waals surface area contributed by atoms with Gasteiger partial charge in [-0.25, -0.2) is 0 Å². The molecule has 1 N–H and O–H groups in total. The van der Waals surface area contributed by atoms with E-state index in [0.717, 1.165) is 5.56 Å². The van der Waals surface area contributed by atoms with Crippen LogP contribution in [0.3, 0.4) is 0 Å².